The van der Waals surface area contributed by atoms with Gasteiger partial charge in [-0.15, -0.1) is 11.3 Å². The molecule has 2 N–H and O–H groups in total. The van der Waals surface area contributed by atoms with Gasteiger partial charge in [0, 0.05) is 5.56 Å². The number of thiophene rings is 1. The maximum atomic E-state index is 11.7. The van der Waals surface area contributed by atoms with Crippen LogP contribution in [0.2, 0.25) is 0 Å². The van der Waals surface area contributed by atoms with Gasteiger partial charge in [-0.25, -0.2) is 10.2 Å². The van der Waals surface area contributed by atoms with Crippen LogP contribution in [0, 0.1) is 0 Å². The maximum Gasteiger partial charge on any atom is 0.335 e. The maximum absolute atomic E-state index is 11.7. The Morgan fingerprint density at radius 2 is 1.92 bits per heavy atom. The number of carbonyl (C=O) groups is 2. The van der Waals surface area contributed by atoms with E-state index in [-0.39, 0.29) is 11.5 Å². The molecule has 0 aliphatic rings. The fourth-order valence-electron chi connectivity index (χ4n) is 1.97. The molecule has 1 aromatic carbocycles. The highest BCUT2D eigenvalue weighted by molar-refractivity contribution is 7.12. The molecule has 0 unspecified atom stereocenters. The highest BCUT2D eigenvalue weighted by Gasteiger charge is 2.07. The zero-order chi connectivity index (χ0) is 16.9. The number of rotatable bonds is 5. The van der Waals surface area contributed by atoms with Crippen LogP contribution in [0.4, 0.5) is 0 Å². The number of carbonyl (C=O) groups excluding carboxylic acids is 1. The van der Waals surface area contributed by atoms with E-state index in [4.69, 9.17) is 9.52 Å². The molecule has 0 aliphatic heterocycles. The lowest BCUT2D eigenvalue weighted by molar-refractivity contribution is 0.0696. The van der Waals surface area contributed by atoms with Gasteiger partial charge in [-0.3, -0.25) is 4.79 Å². The van der Waals surface area contributed by atoms with Gasteiger partial charge in [0.1, 0.15) is 11.5 Å². The zero-order valence-electron chi connectivity index (χ0n) is 12.3. The predicted molar refractivity (Wildman–Crippen MR) is 90.5 cm³/mol. The number of carboxylic acids is 1. The lowest BCUT2D eigenvalue weighted by atomic mass is 10.1. The third kappa shape index (κ3) is 3.58. The molecule has 0 saturated heterocycles. The number of hydrazone groups is 1. The zero-order valence-corrected chi connectivity index (χ0v) is 13.1. The molecule has 0 radical (unpaired) electrons. The highest BCUT2D eigenvalue weighted by atomic mass is 32.1. The second-order valence-corrected chi connectivity index (χ2v) is 5.71. The normalized spacial score (nSPS) is 10.8. The number of carboxylic acid groups (broad SMARTS) is 1. The van der Waals surface area contributed by atoms with Gasteiger partial charge in [-0.1, -0.05) is 18.2 Å². The van der Waals surface area contributed by atoms with Gasteiger partial charge in [0.2, 0.25) is 0 Å². The summed E-state index contributed by atoms with van der Waals surface area (Å²) in [5, 5.41) is 14.6. The van der Waals surface area contributed by atoms with E-state index in [1.165, 1.54) is 29.7 Å². The van der Waals surface area contributed by atoms with Crippen molar-refractivity contribution < 1.29 is 19.1 Å². The van der Waals surface area contributed by atoms with Gasteiger partial charge in [-0.05, 0) is 35.7 Å². The fraction of sp³-hybridized carbons (Fsp3) is 0. The van der Waals surface area contributed by atoms with E-state index in [9.17, 15) is 9.59 Å². The van der Waals surface area contributed by atoms with Crippen molar-refractivity contribution in [3.63, 3.8) is 0 Å². The van der Waals surface area contributed by atoms with Gasteiger partial charge >= 0.3 is 5.97 Å². The molecule has 7 heteroatoms. The summed E-state index contributed by atoms with van der Waals surface area (Å²) >= 11 is 1.33. The van der Waals surface area contributed by atoms with Crippen molar-refractivity contribution in [2.45, 2.75) is 0 Å². The Balaban J connectivity index is 1.66. The molecule has 0 fully saturated rings. The molecular formula is C17H12N2O4S. The largest absolute Gasteiger partial charge is 0.478 e. The van der Waals surface area contributed by atoms with Gasteiger partial charge in [-0.2, -0.15) is 5.10 Å². The number of nitrogens with one attached hydrogen (secondary N) is 1. The van der Waals surface area contributed by atoms with Gasteiger partial charge in [0.15, 0.2) is 0 Å². The Hall–Kier alpha value is -3.19. The van der Waals surface area contributed by atoms with Gasteiger partial charge in [0.25, 0.3) is 5.91 Å². The van der Waals surface area contributed by atoms with Crippen molar-refractivity contribution >= 4 is 29.4 Å². The Bertz CT molecular complexity index is 880. The molecule has 2 aromatic heterocycles. The van der Waals surface area contributed by atoms with E-state index in [2.05, 4.69) is 10.5 Å². The summed E-state index contributed by atoms with van der Waals surface area (Å²) in [4.78, 5) is 23.1. The molecule has 2 heterocycles. The quantitative estimate of drug-likeness (QED) is 0.549. The first-order valence-corrected chi connectivity index (χ1v) is 7.82. The number of hydrogen-bond donors (Lipinski definition) is 2. The second-order valence-electron chi connectivity index (χ2n) is 4.76. The third-order valence-corrected chi connectivity index (χ3v) is 4.01. The first kappa shape index (κ1) is 15.7. The molecule has 6 nitrogen and oxygen atoms in total. The van der Waals surface area contributed by atoms with Crippen molar-refractivity contribution in [1.82, 2.24) is 5.43 Å². The van der Waals surface area contributed by atoms with Crippen LogP contribution in [-0.2, 0) is 0 Å². The van der Waals surface area contributed by atoms with Crippen LogP contribution >= 0.6 is 11.3 Å². The van der Waals surface area contributed by atoms with Crippen LogP contribution in [0.25, 0.3) is 11.3 Å². The summed E-state index contributed by atoms with van der Waals surface area (Å²) < 4.78 is 5.60. The summed E-state index contributed by atoms with van der Waals surface area (Å²) in [6.07, 6.45) is 1.40. The van der Waals surface area contributed by atoms with E-state index in [1.54, 1.807) is 36.4 Å². The average Bonchev–Trinajstić information content (AvgIpc) is 3.27. The Kier molecular flexibility index (Phi) is 4.53. The Morgan fingerprint density at radius 3 is 2.58 bits per heavy atom. The first-order valence-electron chi connectivity index (χ1n) is 6.94. The van der Waals surface area contributed by atoms with Gasteiger partial charge in [0.05, 0.1) is 16.7 Å². The van der Waals surface area contributed by atoms with E-state index in [0.29, 0.717) is 16.4 Å². The number of amides is 1. The van der Waals surface area contributed by atoms with Crippen LogP contribution in [-0.4, -0.2) is 23.2 Å². The highest BCUT2D eigenvalue weighted by Crippen LogP contribution is 2.22. The second kappa shape index (κ2) is 6.93. The van der Waals surface area contributed by atoms with Crippen LogP contribution in [0.5, 0.6) is 0 Å². The number of hydrogen-bond acceptors (Lipinski definition) is 5. The third-order valence-electron chi connectivity index (χ3n) is 3.15. The Morgan fingerprint density at radius 1 is 1.12 bits per heavy atom. The van der Waals surface area contributed by atoms with E-state index >= 15 is 0 Å². The molecule has 0 atom stereocenters. The van der Waals surface area contributed by atoms with Crippen LogP contribution in [0.3, 0.4) is 0 Å². The first-order chi connectivity index (χ1) is 11.6. The topological polar surface area (TPSA) is 91.9 Å². The van der Waals surface area contributed by atoms with E-state index < -0.39 is 5.97 Å². The minimum atomic E-state index is -0.977. The summed E-state index contributed by atoms with van der Waals surface area (Å²) in [5.41, 5.74) is 3.38. The summed E-state index contributed by atoms with van der Waals surface area (Å²) in [6.45, 7) is 0. The molecule has 0 bridgehead atoms. The molecule has 3 aromatic rings. The number of nitrogens with zero attached hydrogens (tertiary/aromatic N) is 1. The minimum Gasteiger partial charge on any atom is -0.478 e. The van der Waals surface area contributed by atoms with Crippen molar-refractivity contribution in [2.75, 3.05) is 0 Å². The lowest BCUT2D eigenvalue weighted by Crippen LogP contribution is -2.15. The monoisotopic (exact) mass is 340 g/mol. The molecule has 0 spiro atoms. The van der Waals surface area contributed by atoms with Crippen molar-refractivity contribution in [2.24, 2.45) is 5.10 Å². The minimum absolute atomic E-state index is 0.211. The van der Waals surface area contributed by atoms with E-state index in [0.717, 1.165) is 5.56 Å². The van der Waals surface area contributed by atoms with Crippen LogP contribution < -0.4 is 5.43 Å². The number of aromatic carboxylic acids is 1. The van der Waals surface area contributed by atoms with Crippen molar-refractivity contribution in [3.8, 4) is 11.3 Å². The van der Waals surface area contributed by atoms with Crippen LogP contribution in [0.15, 0.2) is 63.4 Å². The molecule has 24 heavy (non-hydrogen) atoms. The van der Waals surface area contributed by atoms with Crippen molar-refractivity contribution in [3.05, 3.63) is 70.1 Å². The number of benzene rings is 1. The fourth-order valence-corrected chi connectivity index (χ4v) is 2.59. The Labute approximate surface area is 141 Å². The summed E-state index contributed by atoms with van der Waals surface area (Å²) in [7, 11) is 0. The molecular weight excluding hydrogens is 328 g/mol. The molecule has 1 amide bonds. The predicted octanol–water partition coefficient (Wildman–Crippen LogP) is 3.47. The van der Waals surface area contributed by atoms with Crippen molar-refractivity contribution in [1.29, 1.82) is 0 Å². The van der Waals surface area contributed by atoms with Crippen LogP contribution in [0.1, 0.15) is 25.8 Å². The standard InChI is InChI=1S/C17H12N2O4S/c20-16(15-2-1-9-24-15)19-18-10-13-7-8-14(23-13)11-3-5-12(6-4-11)17(21)22/h1-10H,(H,19,20)(H,21,22)/b18-10+. The average molecular weight is 340 g/mol. The molecule has 0 saturated carbocycles. The van der Waals surface area contributed by atoms with E-state index in [1.807, 2.05) is 5.38 Å². The van der Waals surface area contributed by atoms with Gasteiger partial charge < -0.3 is 9.52 Å². The lowest BCUT2D eigenvalue weighted by Gasteiger charge is -1.98. The summed E-state index contributed by atoms with van der Waals surface area (Å²) in [6, 6.07) is 13.3. The SMILES string of the molecule is O=C(O)c1ccc(-c2ccc(/C=N/NC(=O)c3cccs3)o2)cc1. The molecule has 0 aliphatic carbocycles. The number of furan rings is 1. The smallest absolute Gasteiger partial charge is 0.335 e. The molecule has 120 valence electrons. The molecule has 3 rings (SSSR count). The summed E-state index contributed by atoms with van der Waals surface area (Å²) in [5.74, 6) is -0.204.